The molecule has 1 aromatic rings. The fourth-order valence-corrected chi connectivity index (χ4v) is 5.72. The van der Waals surface area contributed by atoms with Gasteiger partial charge in [-0.05, 0) is 69.2 Å². The van der Waals surface area contributed by atoms with Crippen LogP contribution in [-0.4, -0.2) is 11.5 Å². The van der Waals surface area contributed by atoms with Gasteiger partial charge in [-0.2, -0.15) is 0 Å². The number of nitrogens with zero attached hydrogens (tertiary/aromatic N) is 1. The van der Waals surface area contributed by atoms with E-state index in [1.807, 2.05) is 6.92 Å². The van der Waals surface area contributed by atoms with Crippen LogP contribution in [-0.2, 0) is 11.8 Å². The molecule has 110 valence electrons. The van der Waals surface area contributed by atoms with Gasteiger partial charge in [-0.15, -0.1) is 0 Å². The molecule has 0 atom stereocenters. The smallest absolute Gasteiger partial charge is 0.191 e. The predicted molar refractivity (Wildman–Crippen MR) is 78.5 cm³/mol. The largest absolute Gasteiger partial charge is 0.446 e. The van der Waals surface area contributed by atoms with Crippen molar-refractivity contribution in [3.8, 4) is 0 Å². The number of oxazole rings is 1. The van der Waals surface area contributed by atoms with E-state index in [4.69, 9.17) is 15.1 Å². The summed E-state index contributed by atoms with van der Waals surface area (Å²) < 4.78 is 5.94. The Morgan fingerprint density at radius 2 is 1.75 bits per heavy atom. The topological polar surface area (TPSA) is 52.0 Å². The quantitative estimate of drug-likeness (QED) is 0.916. The Hall–Kier alpha value is -0.830. The Balaban J connectivity index is 1.69. The highest BCUT2D eigenvalue weighted by molar-refractivity contribution is 5.26. The van der Waals surface area contributed by atoms with Crippen molar-refractivity contribution in [3.05, 3.63) is 17.3 Å². The molecule has 0 amide bonds. The normalized spacial score (nSPS) is 38.6. The van der Waals surface area contributed by atoms with E-state index in [1.165, 1.54) is 44.2 Å². The zero-order valence-electron chi connectivity index (χ0n) is 12.5. The Bertz CT molecular complexity index is 470. The van der Waals surface area contributed by atoms with E-state index < -0.39 is 0 Å². The minimum Gasteiger partial charge on any atom is -0.446 e. The number of hydrogen-bond donors (Lipinski definition) is 1. The summed E-state index contributed by atoms with van der Waals surface area (Å²) in [5.41, 5.74) is 7.36. The number of hydrogen-bond acceptors (Lipinski definition) is 3. The SMILES string of the molecule is Cc1nc(C23CC4CC(CC(C4)C2)C3)c(CCCN)o1. The van der Waals surface area contributed by atoms with Crippen molar-refractivity contribution in [3.63, 3.8) is 0 Å². The van der Waals surface area contributed by atoms with Crippen LogP contribution in [0.25, 0.3) is 0 Å². The van der Waals surface area contributed by atoms with Crippen molar-refractivity contribution in [2.75, 3.05) is 6.54 Å². The molecule has 0 radical (unpaired) electrons. The molecule has 20 heavy (non-hydrogen) atoms. The van der Waals surface area contributed by atoms with Gasteiger partial charge in [0, 0.05) is 18.8 Å². The fourth-order valence-electron chi connectivity index (χ4n) is 5.72. The Morgan fingerprint density at radius 3 is 2.30 bits per heavy atom. The second-order valence-corrected chi connectivity index (χ2v) is 7.59. The van der Waals surface area contributed by atoms with Gasteiger partial charge in [-0.1, -0.05) is 0 Å². The zero-order valence-corrected chi connectivity index (χ0v) is 12.5. The first-order valence-electron chi connectivity index (χ1n) is 8.35. The average molecular weight is 274 g/mol. The van der Waals surface area contributed by atoms with E-state index in [1.54, 1.807) is 0 Å². The van der Waals surface area contributed by atoms with Gasteiger partial charge in [0.15, 0.2) is 5.89 Å². The molecule has 1 heterocycles. The Labute approximate surface area is 121 Å². The van der Waals surface area contributed by atoms with Gasteiger partial charge in [0.2, 0.25) is 0 Å². The summed E-state index contributed by atoms with van der Waals surface area (Å²) in [5, 5.41) is 0. The summed E-state index contributed by atoms with van der Waals surface area (Å²) in [7, 11) is 0. The van der Waals surface area contributed by atoms with Crippen LogP contribution in [0.5, 0.6) is 0 Å². The number of nitrogens with two attached hydrogens (primary N) is 1. The van der Waals surface area contributed by atoms with Gasteiger partial charge in [0.1, 0.15) is 5.76 Å². The third kappa shape index (κ3) is 1.93. The van der Waals surface area contributed by atoms with E-state index in [9.17, 15) is 0 Å². The van der Waals surface area contributed by atoms with Crippen molar-refractivity contribution in [1.29, 1.82) is 0 Å². The third-order valence-corrected chi connectivity index (χ3v) is 5.95. The van der Waals surface area contributed by atoms with Crippen LogP contribution in [0, 0.1) is 24.7 Å². The Morgan fingerprint density at radius 1 is 1.15 bits per heavy atom. The van der Waals surface area contributed by atoms with Crippen molar-refractivity contribution in [2.45, 2.75) is 63.7 Å². The molecule has 5 rings (SSSR count). The molecule has 0 unspecified atom stereocenters. The first-order valence-corrected chi connectivity index (χ1v) is 8.35. The minimum absolute atomic E-state index is 0.358. The second kappa shape index (κ2) is 4.59. The van der Waals surface area contributed by atoms with Gasteiger partial charge in [0.25, 0.3) is 0 Å². The van der Waals surface area contributed by atoms with Crippen molar-refractivity contribution in [1.82, 2.24) is 4.98 Å². The van der Waals surface area contributed by atoms with E-state index in [-0.39, 0.29) is 0 Å². The zero-order chi connectivity index (χ0) is 13.7. The molecular formula is C17H26N2O. The lowest BCUT2D eigenvalue weighted by molar-refractivity contribution is -0.00777. The van der Waals surface area contributed by atoms with Crippen LogP contribution in [0.4, 0.5) is 0 Å². The minimum atomic E-state index is 0.358. The molecule has 2 N–H and O–H groups in total. The standard InChI is InChI=1S/C17H26N2O/c1-11-19-16(15(20-11)3-2-4-18)17-8-12-5-13(9-17)7-14(6-12)10-17/h12-14H,2-10,18H2,1H3. The van der Waals surface area contributed by atoms with Crippen molar-refractivity contribution in [2.24, 2.45) is 23.5 Å². The van der Waals surface area contributed by atoms with Crippen LogP contribution in [0.3, 0.4) is 0 Å². The van der Waals surface area contributed by atoms with Crippen LogP contribution < -0.4 is 5.73 Å². The first kappa shape index (κ1) is 12.9. The summed E-state index contributed by atoms with van der Waals surface area (Å²) in [4.78, 5) is 4.85. The maximum atomic E-state index is 5.94. The van der Waals surface area contributed by atoms with Crippen molar-refractivity contribution < 1.29 is 4.42 Å². The lowest BCUT2D eigenvalue weighted by Gasteiger charge is -2.56. The molecule has 4 bridgehead atoms. The molecule has 3 heteroatoms. The lowest BCUT2D eigenvalue weighted by Crippen LogP contribution is -2.49. The first-order chi connectivity index (χ1) is 9.68. The van der Waals surface area contributed by atoms with Crippen LogP contribution in [0.1, 0.15) is 62.3 Å². The molecule has 1 aromatic heterocycles. The van der Waals surface area contributed by atoms with Gasteiger partial charge >= 0.3 is 0 Å². The maximum Gasteiger partial charge on any atom is 0.191 e. The van der Waals surface area contributed by atoms with Crippen molar-refractivity contribution >= 4 is 0 Å². The number of rotatable bonds is 4. The highest BCUT2D eigenvalue weighted by Gasteiger charge is 2.53. The average Bonchev–Trinajstić information content (AvgIpc) is 2.77. The van der Waals surface area contributed by atoms with E-state index >= 15 is 0 Å². The number of aromatic nitrogens is 1. The molecule has 4 fully saturated rings. The third-order valence-electron chi connectivity index (χ3n) is 5.95. The molecule has 0 saturated heterocycles. The molecule has 4 saturated carbocycles. The second-order valence-electron chi connectivity index (χ2n) is 7.59. The maximum absolute atomic E-state index is 5.94. The molecule has 0 aliphatic heterocycles. The molecule has 0 aromatic carbocycles. The molecule has 4 aliphatic carbocycles. The fraction of sp³-hybridized carbons (Fsp3) is 0.824. The van der Waals surface area contributed by atoms with Gasteiger partial charge < -0.3 is 10.2 Å². The van der Waals surface area contributed by atoms with Crippen LogP contribution in [0.2, 0.25) is 0 Å². The lowest BCUT2D eigenvalue weighted by atomic mass is 9.48. The van der Waals surface area contributed by atoms with Gasteiger partial charge in [0.05, 0.1) is 5.69 Å². The summed E-state index contributed by atoms with van der Waals surface area (Å²) in [5.74, 6) is 4.87. The predicted octanol–water partition coefficient (Wildman–Crippen LogP) is 3.34. The molecule has 0 spiro atoms. The summed E-state index contributed by atoms with van der Waals surface area (Å²) in [6.07, 6.45) is 10.5. The highest BCUT2D eigenvalue weighted by atomic mass is 16.4. The molecule has 4 aliphatic rings. The summed E-state index contributed by atoms with van der Waals surface area (Å²) >= 11 is 0. The van der Waals surface area contributed by atoms with E-state index in [0.717, 1.165) is 48.8 Å². The highest BCUT2D eigenvalue weighted by Crippen LogP contribution is 2.61. The van der Waals surface area contributed by atoms with Crippen LogP contribution >= 0.6 is 0 Å². The Kier molecular flexibility index (Phi) is 2.95. The summed E-state index contributed by atoms with van der Waals surface area (Å²) in [6, 6.07) is 0. The van der Waals surface area contributed by atoms with Gasteiger partial charge in [-0.25, -0.2) is 4.98 Å². The number of aryl methyl sites for hydroxylation is 2. The molecular weight excluding hydrogens is 248 g/mol. The van der Waals surface area contributed by atoms with Crippen LogP contribution in [0.15, 0.2) is 4.42 Å². The van der Waals surface area contributed by atoms with E-state index in [0.29, 0.717) is 5.41 Å². The summed E-state index contributed by atoms with van der Waals surface area (Å²) in [6.45, 7) is 2.73. The van der Waals surface area contributed by atoms with E-state index in [2.05, 4.69) is 0 Å². The van der Waals surface area contributed by atoms with Gasteiger partial charge in [-0.3, -0.25) is 0 Å². The monoisotopic (exact) mass is 274 g/mol. The molecule has 3 nitrogen and oxygen atoms in total.